The summed E-state index contributed by atoms with van der Waals surface area (Å²) in [5.74, 6) is -2.26. The van der Waals surface area contributed by atoms with Crippen molar-refractivity contribution in [1.82, 2.24) is 15.5 Å². The number of nitrogens with zero attached hydrogens (tertiary/aromatic N) is 1. The van der Waals surface area contributed by atoms with E-state index in [1.165, 1.54) is 4.90 Å². The number of amides is 3. The van der Waals surface area contributed by atoms with E-state index in [2.05, 4.69) is 10.6 Å². The summed E-state index contributed by atoms with van der Waals surface area (Å²) in [7, 11) is 1.55. The van der Waals surface area contributed by atoms with Gasteiger partial charge in [0.05, 0.1) is 30.6 Å². The van der Waals surface area contributed by atoms with Crippen LogP contribution in [0.2, 0.25) is 0 Å². The van der Waals surface area contributed by atoms with Crippen LogP contribution in [0.1, 0.15) is 24.0 Å². The number of benzene rings is 2. The molecule has 0 saturated carbocycles. The number of hydrogen-bond acceptors (Lipinski definition) is 5. The number of carbonyl (C=O) groups excluding carboxylic acids is 3. The largest absolute Gasteiger partial charge is 0.394 e. The summed E-state index contributed by atoms with van der Waals surface area (Å²) in [4.78, 5) is 42.0. The molecule has 3 N–H and O–H groups in total. The average Bonchev–Trinajstić information content (AvgIpc) is 3.54. The highest BCUT2D eigenvalue weighted by atomic mass is 16.5. The number of fused-ring (bicyclic) bond motifs is 1. The van der Waals surface area contributed by atoms with Crippen molar-refractivity contribution >= 4 is 17.7 Å². The average molecular weight is 478 g/mol. The number of rotatable bonds is 8. The van der Waals surface area contributed by atoms with Crippen LogP contribution in [0.15, 0.2) is 60.7 Å². The predicted molar refractivity (Wildman–Crippen MR) is 128 cm³/mol. The standard InChI is InChI=1S/C27H31N3O5/c1-28-24(32)21-20-12-13-27(35-20)22(21)26(34)30(19(16-31)14-17-8-4-2-5-9-17)23(27)25(33)29-15-18-10-6-3-7-11-18/h2-11,19-23,31H,12-16H2,1H3,(H,28,32)(H,29,33)/t19-,20+,21-,22+,23?,27?/m1/s1. The topological polar surface area (TPSA) is 108 Å². The first-order chi connectivity index (χ1) is 17.0. The Bertz CT molecular complexity index is 1090. The smallest absolute Gasteiger partial charge is 0.246 e. The Labute approximate surface area is 204 Å². The van der Waals surface area contributed by atoms with Crippen LogP contribution in [0.25, 0.3) is 0 Å². The van der Waals surface area contributed by atoms with E-state index in [1.807, 2.05) is 60.7 Å². The van der Waals surface area contributed by atoms with Crippen LogP contribution in [0, 0.1) is 11.8 Å². The van der Waals surface area contributed by atoms with E-state index < -0.39 is 35.6 Å². The molecule has 5 rings (SSSR count). The van der Waals surface area contributed by atoms with Crippen LogP contribution in [0.5, 0.6) is 0 Å². The minimum atomic E-state index is -1.08. The highest BCUT2D eigenvalue weighted by Gasteiger charge is 2.74. The number of aliphatic hydroxyl groups excluding tert-OH is 1. The molecule has 6 atom stereocenters. The van der Waals surface area contributed by atoms with Crippen molar-refractivity contribution in [3.8, 4) is 0 Å². The van der Waals surface area contributed by atoms with E-state index in [9.17, 15) is 19.5 Å². The maximum atomic E-state index is 14.0. The first kappa shape index (κ1) is 23.5. The van der Waals surface area contributed by atoms with Crippen LogP contribution >= 0.6 is 0 Å². The summed E-state index contributed by atoms with van der Waals surface area (Å²) in [6, 6.07) is 17.6. The van der Waals surface area contributed by atoms with Gasteiger partial charge in [0.2, 0.25) is 17.7 Å². The molecule has 2 aromatic carbocycles. The predicted octanol–water partition coefficient (Wildman–Crippen LogP) is 1.03. The molecule has 8 heteroatoms. The van der Waals surface area contributed by atoms with Crippen LogP contribution in [-0.4, -0.2) is 65.2 Å². The first-order valence-electron chi connectivity index (χ1n) is 12.2. The van der Waals surface area contributed by atoms with E-state index in [0.717, 1.165) is 11.1 Å². The van der Waals surface area contributed by atoms with Crippen molar-refractivity contribution in [3.05, 3.63) is 71.8 Å². The molecule has 3 saturated heterocycles. The Morgan fingerprint density at radius 2 is 1.74 bits per heavy atom. The van der Waals surface area contributed by atoms with E-state index in [1.54, 1.807) is 7.05 Å². The number of aliphatic hydroxyl groups is 1. The minimum Gasteiger partial charge on any atom is -0.394 e. The quantitative estimate of drug-likeness (QED) is 0.526. The number of likely N-dealkylation sites (tertiary alicyclic amines) is 1. The first-order valence-corrected chi connectivity index (χ1v) is 12.2. The maximum Gasteiger partial charge on any atom is 0.246 e. The fourth-order valence-corrected chi connectivity index (χ4v) is 6.27. The van der Waals surface area contributed by atoms with Crippen molar-refractivity contribution < 1.29 is 24.2 Å². The molecular formula is C27H31N3O5. The second-order valence-electron chi connectivity index (χ2n) is 9.65. The van der Waals surface area contributed by atoms with E-state index >= 15 is 0 Å². The number of hydrogen-bond donors (Lipinski definition) is 3. The summed E-state index contributed by atoms with van der Waals surface area (Å²) in [5.41, 5.74) is 0.808. The normalized spacial score (nSPS) is 29.7. The molecule has 3 amide bonds. The molecule has 0 radical (unpaired) electrons. The highest BCUT2D eigenvalue weighted by molar-refractivity contribution is 5.99. The summed E-state index contributed by atoms with van der Waals surface area (Å²) < 4.78 is 6.38. The Morgan fingerprint density at radius 1 is 1.09 bits per heavy atom. The van der Waals surface area contributed by atoms with E-state index in [4.69, 9.17) is 4.74 Å². The van der Waals surface area contributed by atoms with Gasteiger partial charge >= 0.3 is 0 Å². The van der Waals surface area contributed by atoms with Crippen molar-refractivity contribution in [3.63, 3.8) is 0 Å². The molecule has 3 heterocycles. The van der Waals surface area contributed by atoms with E-state index in [0.29, 0.717) is 25.8 Å². The van der Waals surface area contributed by atoms with Gasteiger partial charge in [0.15, 0.2) is 0 Å². The summed E-state index contributed by atoms with van der Waals surface area (Å²) >= 11 is 0. The fourth-order valence-electron chi connectivity index (χ4n) is 6.27. The van der Waals surface area contributed by atoms with Gasteiger partial charge in [-0.3, -0.25) is 14.4 Å². The van der Waals surface area contributed by atoms with E-state index in [-0.39, 0.29) is 24.3 Å². The molecular weight excluding hydrogens is 446 g/mol. The lowest BCUT2D eigenvalue weighted by atomic mass is 9.70. The molecule has 8 nitrogen and oxygen atoms in total. The number of carbonyl (C=O) groups is 3. The SMILES string of the molecule is CNC(=O)[C@@H]1[C@@H]2CCC3(O2)C(C(=O)NCc2ccccc2)N([C@@H](CO)Cc2ccccc2)C(=O)[C@H]13. The van der Waals surface area contributed by atoms with Crippen molar-refractivity contribution in [1.29, 1.82) is 0 Å². The molecule has 3 aliphatic rings. The van der Waals surface area contributed by atoms with Gasteiger partial charge in [-0.25, -0.2) is 0 Å². The van der Waals surface area contributed by atoms with Crippen LogP contribution in [0.4, 0.5) is 0 Å². The van der Waals surface area contributed by atoms with Crippen LogP contribution in [-0.2, 0) is 32.1 Å². The second-order valence-corrected chi connectivity index (χ2v) is 9.65. The Balaban J connectivity index is 1.50. The summed E-state index contributed by atoms with van der Waals surface area (Å²) in [6.45, 7) is 0.00367. The minimum absolute atomic E-state index is 0.246. The molecule has 2 unspecified atom stereocenters. The zero-order chi connectivity index (χ0) is 24.6. The van der Waals surface area contributed by atoms with Crippen LogP contribution < -0.4 is 10.6 Å². The van der Waals surface area contributed by atoms with Gasteiger partial charge in [-0.2, -0.15) is 0 Å². The third-order valence-corrected chi connectivity index (χ3v) is 7.76. The van der Waals surface area contributed by atoms with Gasteiger partial charge in [0.25, 0.3) is 0 Å². The molecule has 0 aliphatic carbocycles. The van der Waals surface area contributed by atoms with Gasteiger partial charge in [0, 0.05) is 13.6 Å². The molecule has 184 valence electrons. The lowest BCUT2D eigenvalue weighted by Gasteiger charge is -2.36. The molecule has 35 heavy (non-hydrogen) atoms. The molecule has 1 spiro atoms. The second kappa shape index (κ2) is 9.43. The molecule has 0 aromatic heterocycles. The Morgan fingerprint density at radius 3 is 2.37 bits per heavy atom. The molecule has 3 fully saturated rings. The van der Waals surface area contributed by atoms with Gasteiger partial charge in [-0.05, 0) is 30.4 Å². The van der Waals surface area contributed by atoms with Gasteiger partial charge in [0.1, 0.15) is 11.6 Å². The van der Waals surface area contributed by atoms with Gasteiger partial charge in [-0.15, -0.1) is 0 Å². The summed E-state index contributed by atoms with van der Waals surface area (Å²) in [5, 5.41) is 16.0. The third kappa shape index (κ3) is 3.90. The zero-order valence-corrected chi connectivity index (χ0v) is 19.7. The monoisotopic (exact) mass is 477 g/mol. The Hall–Kier alpha value is -3.23. The zero-order valence-electron chi connectivity index (χ0n) is 19.7. The lowest BCUT2D eigenvalue weighted by molar-refractivity contribution is -0.145. The molecule has 2 bridgehead atoms. The number of ether oxygens (including phenoxy) is 1. The third-order valence-electron chi connectivity index (χ3n) is 7.76. The summed E-state index contributed by atoms with van der Waals surface area (Å²) in [6.07, 6.45) is 1.13. The van der Waals surface area contributed by atoms with Gasteiger partial charge in [-0.1, -0.05) is 60.7 Å². The fraction of sp³-hybridized carbons (Fsp3) is 0.444. The lowest BCUT2D eigenvalue weighted by Crippen LogP contribution is -2.58. The van der Waals surface area contributed by atoms with Crippen LogP contribution in [0.3, 0.4) is 0 Å². The van der Waals surface area contributed by atoms with Crippen molar-refractivity contribution in [2.24, 2.45) is 11.8 Å². The van der Waals surface area contributed by atoms with Crippen molar-refractivity contribution in [2.75, 3.05) is 13.7 Å². The molecule has 2 aromatic rings. The van der Waals surface area contributed by atoms with Gasteiger partial charge < -0.3 is 25.4 Å². The highest BCUT2D eigenvalue weighted by Crippen LogP contribution is 2.58. The Kier molecular flexibility index (Phi) is 6.34. The number of nitrogens with one attached hydrogen (secondary N) is 2. The maximum absolute atomic E-state index is 14.0. The molecule has 3 aliphatic heterocycles. The van der Waals surface area contributed by atoms with Crippen molar-refractivity contribution in [2.45, 2.75) is 49.6 Å².